The SMILES string of the molecule is C/C=C/C(=O)N1CC(c2cc3cc(C4CC4)ccc3c(=O)n2-c2cccc(-c3cc(C(N)=O)n(C)c3)c2CO)C1. The second kappa shape index (κ2) is 9.95. The Kier molecular flexibility index (Phi) is 6.43. The number of aliphatic hydroxyl groups excluding tert-OH is 1. The Labute approximate surface area is 231 Å². The standard InChI is InChI=1S/C32H32N4O4/c1-3-5-30(38)35-16-23(17-35)28-13-21-12-20(19-8-9-19)10-11-25(21)32(40)36(28)27-7-4-6-24(26(27)18-37)22-14-29(31(33)39)34(2)15-22/h3-7,10-15,19,23,37H,8-9,16-18H2,1-2H3,(H2,33,39)/b5-3+. The fourth-order valence-electron chi connectivity index (χ4n) is 5.85. The number of amides is 2. The first-order chi connectivity index (χ1) is 19.3. The predicted octanol–water partition coefficient (Wildman–Crippen LogP) is 3.97. The number of primary amides is 1. The first kappa shape index (κ1) is 25.8. The molecule has 0 unspecified atom stereocenters. The van der Waals surface area contributed by atoms with Gasteiger partial charge >= 0.3 is 0 Å². The third-order valence-electron chi connectivity index (χ3n) is 8.16. The van der Waals surface area contributed by atoms with Crippen LogP contribution in [0, 0.1) is 0 Å². The molecular formula is C32H32N4O4. The molecule has 1 aliphatic heterocycles. The monoisotopic (exact) mass is 536 g/mol. The van der Waals surface area contributed by atoms with E-state index < -0.39 is 5.91 Å². The maximum atomic E-state index is 14.2. The molecule has 204 valence electrons. The van der Waals surface area contributed by atoms with Crippen molar-refractivity contribution in [3.05, 3.63) is 99.7 Å². The number of allylic oxidation sites excluding steroid dienone is 1. The molecule has 0 atom stereocenters. The lowest BCUT2D eigenvalue weighted by Gasteiger charge is -2.40. The first-order valence-electron chi connectivity index (χ1n) is 13.6. The highest BCUT2D eigenvalue weighted by Crippen LogP contribution is 2.41. The third kappa shape index (κ3) is 4.34. The fraction of sp³-hybridized carbons (Fsp3) is 0.281. The van der Waals surface area contributed by atoms with Crippen molar-refractivity contribution < 1.29 is 14.7 Å². The minimum Gasteiger partial charge on any atom is -0.392 e. The number of likely N-dealkylation sites (tertiary alicyclic amines) is 1. The van der Waals surface area contributed by atoms with Gasteiger partial charge in [-0.2, -0.15) is 0 Å². The molecule has 1 aliphatic carbocycles. The van der Waals surface area contributed by atoms with Crippen LogP contribution in [-0.2, 0) is 18.4 Å². The summed E-state index contributed by atoms with van der Waals surface area (Å²) in [7, 11) is 1.74. The second-order valence-electron chi connectivity index (χ2n) is 10.8. The number of carbonyl (C=O) groups excluding carboxylic acids is 2. The summed E-state index contributed by atoms with van der Waals surface area (Å²) >= 11 is 0. The van der Waals surface area contributed by atoms with Gasteiger partial charge in [0.15, 0.2) is 0 Å². The fourth-order valence-corrected chi connectivity index (χ4v) is 5.85. The van der Waals surface area contributed by atoms with E-state index in [1.165, 1.54) is 18.4 Å². The largest absolute Gasteiger partial charge is 0.392 e. The van der Waals surface area contributed by atoms with Crippen molar-refractivity contribution in [2.75, 3.05) is 13.1 Å². The number of nitrogens with two attached hydrogens (primary N) is 1. The molecule has 2 aromatic carbocycles. The van der Waals surface area contributed by atoms with Gasteiger partial charge in [0.1, 0.15) is 5.69 Å². The van der Waals surface area contributed by atoms with Gasteiger partial charge in [0.25, 0.3) is 11.5 Å². The van der Waals surface area contributed by atoms with Crippen molar-refractivity contribution in [2.45, 2.75) is 38.2 Å². The van der Waals surface area contributed by atoms with Crippen molar-refractivity contribution >= 4 is 22.6 Å². The van der Waals surface area contributed by atoms with Gasteiger partial charge < -0.3 is 20.3 Å². The Morgan fingerprint density at radius 2 is 1.85 bits per heavy atom. The smallest absolute Gasteiger partial charge is 0.265 e. The number of aryl methyl sites for hydroxylation is 1. The Balaban J connectivity index is 1.53. The summed E-state index contributed by atoms with van der Waals surface area (Å²) in [4.78, 5) is 40.3. The van der Waals surface area contributed by atoms with Gasteiger partial charge in [-0.15, -0.1) is 0 Å². The summed E-state index contributed by atoms with van der Waals surface area (Å²) in [5, 5.41) is 12.1. The lowest BCUT2D eigenvalue weighted by atomic mass is 9.92. The number of fused-ring (bicyclic) bond motifs is 1. The molecule has 2 aromatic heterocycles. The van der Waals surface area contributed by atoms with Crippen LogP contribution in [-0.4, -0.2) is 44.0 Å². The topological polar surface area (TPSA) is 111 Å². The van der Waals surface area contributed by atoms with E-state index in [9.17, 15) is 19.5 Å². The van der Waals surface area contributed by atoms with E-state index in [1.54, 1.807) is 45.5 Å². The van der Waals surface area contributed by atoms with Crippen molar-refractivity contribution in [3.8, 4) is 16.8 Å². The molecule has 2 amide bonds. The van der Waals surface area contributed by atoms with Crippen LogP contribution in [0.25, 0.3) is 27.6 Å². The van der Waals surface area contributed by atoms with Crippen molar-refractivity contribution in [2.24, 2.45) is 12.8 Å². The Bertz CT molecular complexity index is 1750. The zero-order chi connectivity index (χ0) is 28.1. The molecule has 0 bridgehead atoms. The van der Waals surface area contributed by atoms with Crippen LogP contribution in [0.3, 0.4) is 0 Å². The number of hydrogen-bond acceptors (Lipinski definition) is 4. The highest BCUT2D eigenvalue weighted by atomic mass is 16.3. The maximum Gasteiger partial charge on any atom is 0.265 e. The lowest BCUT2D eigenvalue weighted by Crippen LogP contribution is -2.49. The highest BCUT2D eigenvalue weighted by Gasteiger charge is 2.34. The number of aromatic nitrogens is 2. The van der Waals surface area contributed by atoms with Crippen LogP contribution in [0.4, 0.5) is 0 Å². The summed E-state index contributed by atoms with van der Waals surface area (Å²) in [6, 6.07) is 15.4. The molecule has 1 saturated heterocycles. The molecule has 3 N–H and O–H groups in total. The van der Waals surface area contributed by atoms with Gasteiger partial charge in [0.2, 0.25) is 5.91 Å². The van der Waals surface area contributed by atoms with Gasteiger partial charge in [0, 0.05) is 54.5 Å². The number of benzene rings is 2. The summed E-state index contributed by atoms with van der Waals surface area (Å²) in [6.07, 6.45) is 7.41. The Morgan fingerprint density at radius 3 is 2.50 bits per heavy atom. The molecule has 8 nitrogen and oxygen atoms in total. The molecule has 3 heterocycles. The number of pyridine rings is 1. The van der Waals surface area contributed by atoms with Crippen LogP contribution in [0.5, 0.6) is 0 Å². The van der Waals surface area contributed by atoms with Crippen LogP contribution in [0.2, 0.25) is 0 Å². The molecule has 8 heteroatoms. The normalized spacial score (nSPS) is 15.6. The van der Waals surface area contributed by atoms with E-state index in [4.69, 9.17) is 5.73 Å². The van der Waals surface area contributed by atoms with Crippen molar-refractivity contribution in [1.29, 1.82) is 0 Å². The van der Waals surface area contributed by atoms with Gasteiger partial charge in [-0.1, -0.05) is 30.3 Å². The van der Waals surface area contributed by atoms with Gasteiger partial charge in [0.05, 0.1) is 12.3 Å². The molecule has 4 aromatic rings. The molecule has 1 saturated carbocycles. The summed E-state index contributed by atoms with van der Waals surface area (Å²) in [6.45, 7) is 2.51. The van der Waals surface area contributed by atoms with E-state index >= 15 is 0 Å². The summed E-state index contributed by atoms with van der Waals surface area (Å²) in [5.41, 5.74) is 10.4. The number of nitrogens with zero attached hydrogens (tertiary/aromatic N) is 3. The minimum atomic E-state index is -0.545. The van der Waals surface area contributed by atoms with Crippen LogP contribution >= 0.6 is 0 Å². The van der Waals surface area contributed by atoms with Gasteiger partial charge in [-0.25, -0.2) is 0 Å². The number of carbonyl (C=O) groups is 2. The second-order valence-corrected chi connectivity index (χ2v) is 10.8. The molecule has 40 heavy (non-hydrogen) atoms. The van der Waals surface area contributed by atoms with E-state index in [1.807, 2.05) is 37.3 Å². The Morgan fingerprint density at radius 1 is 1.07 bits per heavy atom. The van der Waals surface area contributed by atoms with Crippen LogP contribution in [0.1, 0.15) is 58.9 Å². The lowest BCUT2D eigenvalue weighted by molar-refractivity contribution is -0.130. The summed E-state index contributed by atoms with van der Waals surface area (Å²) < 4.78 is 3.36. The van der Waals surface area contributed by atoms with E-state index in [0.717, 1.165) is 16.6 Å². The molecule has 0 radical (unpaired) electrons. The zero-order valence-electron chi connectivity index (χ0n) is 22.6. The molecule has 2 aliphatic rings. The predicted molar refractivity (Wildman–Crippen MR) is 155 cm³/mol. The Hall–Kier alpha value is -4.43. The molecule has 2 fully saturated rings. The quantitative estimate of drug-likeness (QED) is 0.348. The third-order valence-corrected chi connectivity index (χ3v) is 8.16. The summed E-state index contributed by atoms with van der Waals surface area (Å²) in [5.74, 6) is -0.0704. The molecule has 6 rings (SSSR count). The van der Waals surface area contributed by atoms with Crippen molar-refractivity contribution in [1.82, 2.24) is 14.0 Å². The van der Waals surface area contributed by atoms with Crippen molar-refractivity contribution in [3.63, 3.8) is 0 Å². The molecule has 0 spiro atoms. The van der Waals surface area contributed by atoms with Gasteiger partial charge in [-0.3, -0.25) is 19.0 Å². The van der Waals surface area contributed by atoms with E-state index in [2.05, 4.69) is 12.1 Å². The molecular weight excluding hydrogens is 504 g/mol. The average Bonchev–Trinajstić information content (AvgIpc) is 3.68. The highest BCUT2D eigenvalue weighted by molar-refractivity contribution is 5.93. The first-order valence-corrected chi connectivity index (χ1v) is 13.6. The van der Waals surface area contributed by atoms with Crippen LogP contribution < -0.4 is 11.3 Å². The van der Waals surface area contributed by atoms with E-state index in [-0.39, 0.29) is 24.0 Å². The zero-order valence-corrected chi connectivity index (χ0v) is 22.6. The van der Waals surface area contributed by atoms with Gasteiger partial charge in [-0.05, 0) is 72.5 Å². The number of rotatable bonds is 7. The van der Waals surface area contributed by atoms with E-state index in [0.29, 0.717) is 46.9 Å². The number of aliphatic hydroxyl groups is 1. The minimum absolute atomic E-state index is 0.0377. The van der Waals surface area contributed by atoms with Crippen LogP contribution in [0.15, 0.2) is 71.7 Å². The maximum absolute atomic E-state index is 14.2. The number of hydrogen-bond donors (Lipinski definition) is 2. The average molecular weight is 537 g/mol.